The Morgan fingerprint density at radius 3 is 2.60 bits per heavy atom. The van der Waals surface area contributed by atoms with E-state index in [9.17, 15) is 4.79 Å². The van der Waals surface area contributed by atoms with Gasteiger partial charge in [0, 0.05) is 18.7 Å². The molecular weight excluding hydrogens is 376 g/mol. The van der Waals surface area contributed by atoms with Crippen molar-refractivity contribution in [1.29, 1.82) is 0 Å². The number of rotatable bonds is 8. The highest BCUT2D eigenvalue weighted by molar-refractivity contribution is 5.94. The number of aromatic nitrogens is 4. The number of carbonyl (C=O) groups is 1. The first-order valence-corrected chi connectivity index (χ1v) is 10.00. The number of anilines is 1. The Labute approximate surface area is 175 Å². The summed E-state index contributed by atoms with van der Waals surface area (Å²) in [6.07, 6.45) is 4.21. The standard InChI is InChI=1S/C23H24N6O/c1-17-7-9-19(10-8-17)23(30)25-13-14-29-22-20(15-28-29)21(26-16-27-22)24-12-11-18-5-3-2-4-6-18/h2-10,15-16H,11-14H2,1H3,(H,25,30)(H,24,26,27). The van der Waals surface area contributed by atoms with Crippen LogP contribution in [0.4, 0.5) is 5.82 Å². The number of hydrogen-bond acceptors (Lipinski definition) is 5. The molecule has 1 amide bonds. The number of carbonyl (C=O) groups excluding carboxylic acids is 1. The molecule has 0 unspecified atom stereocenters. The van der Waals surface area contributed by atoms with E-state index in [1.165, 1.54) is 11.9 Å². The second-order valence-corrected chi connectivity index (χ2v) is 7.11. The number of aryl methyl sites for hydroxylation is 1. The summed E-state index contributed by atoms with van der Waals surface area (Å²) in [6.45, 7) is 3.76. The fraction of sp³-hybridized carbons (Fsp3) is 0.217. The van der Waals surface area contributed by atoms with Crippen LogP contribution in [0.3, 0.4) is 0 Å². The van der Waals surface area contributed by atoms with Gasteiger partial charge in [0.15, 0.2) is 5.65 Å². The van der Waals surface area contributed by atoms with Crippen LogP contribution in [-0.2, 0) is 13.0 Å². The highest BCUT2D eigenvalue weighted by Gasteiger charge is 2.10. The Morgan fingerprint density at radius 2 is 1.80 bits per heavy atom. The number of amides is 1. The molecule has 0 aliphatic rings. The zero-order valence-corrected chi connectivity index (χ0v) is 16.9. The first-order chi connectivity index (χ1) is 14.7. The number of hydrogen-bond donors (Lipinski definition) is 2. The molecule has 152 valence electrons. The molecule has 0 radical (unpaired) electrons. The van der Waals surface area contributed by atoms with Gasteiger partial charge in [-0.25, -0.2) is 14.6 Å². The van der Waals surface area contributed by atoms with Crippen molar-refractivity contribution in [2.75, 3.05) is 18.4 Å². The zero-order chi connectivity index (χ0) is 20.8. The van der Waals surface area contributed by atoms with Crippen molar-refractivity contribution in [3.63, 3.8) is 0 Å². The second kappa shape index (κ2) is 9.17. The first-order valence-electron chi connectivity index (χ1n) is 10.00. The van der Waals surface area contributed by atoms with E-state index in [1.54, 1.807) is 10.9 Å². The van der Waals surface area contributed by atoms with Gasteiger partial charge in [0.2, 0.25) is 0 Å². The maximum atomic E-state index is 12.3. The molecule has 2 aromatic heterocycles. The molecule has 2 heterocycles. The molecule has 4 rings (SSSR count). The molecule has 7 nitrogen and oxygen atoms in total. The third-order valence-corrected chi connectivity index (χ3v) is 4.91. The largest absolute Gasteiger partial charge is 0.369 e. The monoisotopic (exact) mass is 400 g/mol. The van der Waals surface area contributed by atoms with E-state index < -0.39 is 0 Å². The lowest BCUT2D eigenvalue weighted by Gasteiger charge is -2.08. The summed E-state index contributed by atoms with van der Waals surface area (Å²) in [7, 11) is 0. The maximum absolute atomic E-state index is 12.3. The molecular formula is C23H24N6O. The predicted molar refractivity (Wildman–Crippen MR) is 117 cm³/mol. The third kappa shape index (κ3) is 4.63. The van der Waals surface area contributed by atoms with Crippen LogP contribution >= 0.6 is 0 Å². The molecule has 2 aromatic carbocycles. The van der Waals surface area contributed by atoms with E-state index in [1.807, 2.05) is 49.4 Å². The Bertz CT molecular complexity index is 1120. The minimum Gasteiger partial charge on any atom is -0.369 e. The van der Waals surface area contributed by atoms with E-state index in [2.05, 4.69) is 37.8 Å². The van der Waals surface area contributed by atoms with Crippen LogP contribution in [0.15, 0.2) is 67.1 Å². The van der Waals surface area contributed by atoms with Crippen molar-refractivity contribution in [2.45, 2.75) is 19.9 Å². The molecule has 0 aliphatic carbocycles. The Balaban J connectivity index is 1.35. The summed E-state index contributed by atoms with van der Waals surface area (Å²) in [5, 5.41) is 11.6. The Hall–Kier alpha value is -3.74. The van der Waals surface area contributed by atoms with E-state index in [4.69, 9.17) is 0 Å². The van der Waals surface area contributed by atoms with Gasteiger partial charge in [-0.05, 0) is 31.0 Å². The molecule has 2 N–H and O–H groups in total. The summed E-state index contributed by atoms with van der Waals surface area (Å²) in [5.74, 6) is 0.676. The van der Waals surface area contributed by atoms with Crippen LogP contribution < -0.4 is 10.6 Å². The average molecular weight is 400 g/mol. The van der Waals surface area contributed by atoms with Gasteiger partial charge in [-0.2, -0.15) is 5.10 Å². The summed E-state index contributed by atoms with van der Waals surface area (Å²) in [4.78, 5) is 21.0. The summed E-state index contributed by atoms with van der Waals surface area (Å²) in [6, 6.07) is 17.8. The molecule has 30 heavy (non-hydrogen) atoms. The van der Waals surface area contributed by atoms with Crippen molar-refractivity contribution in [2.24, 2.45) is 0 Å². The van der Waals surface area contributed by atoms with Crippen molar-refractivity contribution >= 4 is 22.8 Å². The number of fused-ring (bicyclic) bond motifs is 1. The van der Waals surface area contributed by atoms with Gasteiger partial charge >= 0.3 is 0 Å². The predicted octanol–water partition coefficient (Wildman–Crippen LogP) is 3.22. The lowest BCUT2D eigenvalue weighted by molar-refractivity contribution is 0.0952. The SMILES string of the molecule is Cc1ccc(C(=O)NCCn2ncc3c(NCCc4ccccc4)ncnc32)cc1. The molecule has 0 saturated heterocycles. The van der Waals surface area contributed by atoms with Crippen LogP contribution in [0.5, 0.6) is 0 Å². The fourth-order valence-corrected chi connectivity index (χ4v) is 3.25. The molecule has 0 atom stereocenters. The summed E-state index contributed by atoms with van der Waals surface area (Å²) in [5.41, 5.74) is 3.80. The van der Waals surface area contributed by atoms with Crippen molar-refractivity contribution in [3.8, 4) is 0 Å². The van der Waals surface area contributed by atoms with Crippen LogP contribution in [0.25, 0.3) is 11.0 Å². The van der Waals surface area contributed by atoms with Crippen molar-refractivity contribution < 1.29 is 4.79 Å². The van der Waals surface area contributed by atoms with Crippen LogP contribution in [0.2, 0.25) is 0 Å². The van der Waals surface area contributed by atoms with Gasteiger partial charge in [0.1, 0.15) is 12.1 Å². The first kappa shape index (κ1) is 19.6. The second-order valence-electron chi connectivity index (χ2n) is 7.11. The van der Waals surface area contributed by atoms with Crippen molar-refractivity contribution in [1.82, 2.24) is 25.1 Å². The number of nitrogens with zero attached hydrogens (tertiary/aromatic N) is 4. The number of nitrogens with one attached hydrogen (secondary N) is 2. The summed E-state index contributed by atoms with van der Waals surface area (Å²) < 4.78 is 1.79. The van der Waals surface area contributed by atoms with Crippen LogP contribution in [-0.4, -0.2) is 38.7 Å². The molecule has 4 aromatic rings. The molecule has 0 aliphatic heterocycles. The molecule has 7 heteroatoms. The lowest BCUT2D eigenvalue weighted by Crippen LogP contribution is -2.27. The van der Waals surface area contributed by atoms with Gasteiger partial charge in [-0.1, -0.05) is 48.0 Å². The molecule has 0 bridgehead atoms. The topological polar surface area (TPSA) is 84.7 Å². The number of benzene rings is 2. The van der Waals surface area contributed by atoms with E-state index >= 15 is 0 Å². The normalized spacial score (nSPS) is 10.8. The van der Waals surface area contributed by atoms with E-state index in [0.29, 0.717) is 18.7 Å². The minimum absolute atomic E-state index is 0.0932. The van der Waals surface area contributed by atoms with Crippen molar-refractivity contribution in [3.05, 3.63) is 83.8 Å². The quantitative estimate of drug-likeness (QED) is 0.474. The van der Waals surface area contributed by atoms with Crippen LogP contribution in [0.1, 0.15) is 21.5 Å². The van der Waals surface area contributed by atoms with E-state index in [0.717, 1.165) is 35.4 Å². The van der Waals surface area contributed by atoms with Gasteiger partial charge in [0.05, 0.1) is 18.1 Å². The Morgan fingerprint density at radius 1 is 1.00 bits per heavy atom. The zero-order valence-electron chi connectivity index (χ0n) is 16.9. The van der Waals surface area contributed by atoms with Crippen LogP contribution in [0, 0.1) is 6.92 Å². The highest BCUT2D eigenvalue weighted by atomic mass is 16.1. The minimum atomic E-state index is -0.0932. The molecule has 0 saturated carbocycles. The van der Waals surface area contributed by atoms with Gasteiger partial charge < -0.3 is 10.6 Å². The maximum Gasteiger partial charge on any atom is 0.251 e. The smallest absolute Gasteiger partial charge is 0.251 e. The van der Waals surface area contributed by atoms with Gasteiger partial charge in [0.25, 0.3) is 5.91 Å². The van der Waals surface area contributed by atoms with Gasteiger partial charge in [-0.3, -0.25) is 4.79 Å². The third-order valence-electron chi connectivity index (χ3n) is 4.91. The highest BCUT2D eigenvalue weighted by Crippen LogP contribution is 2.18. The van der Waals surface area contributed by atoms with E-state index in [-0.39, 0.29) is 5.91 Å². The fourth-order valence-electron chi connectivity index (χ4n) is 3.25. The average Bonchev–Trinajstić information content (AvgIpc) is 3.19. The lowest BCUT2D eigenvalue weighted by atomic mass is 10.1. The Kier molecular flexibility index (Phi) is 5.98. The molecule has 0 fully saturated rings. The summed E-state index contributed by atoms with van der Waals surface area (Å²) >= 11 is 0. The molecule has 0 spiro atoms. The van der Waals surface area contributed by atoms with Gasteiger partial charge in [-0.15, -0.1) is 0 Å².